The average molecular weight is 695 g/mol. The van der Waals surface area contributed by atoms with Gasteiger partial charge in [-0.1, -0.05) is 160 Å². The zero-order valence-electron chi connectivity index (χ0n) is 30.5. The molecule has 0 aromatic heterocycles. The van der Waals surface area contributed by atoms with Crippen molar-refractivity contribution in [2.45, 2.75) is 117 Å². The van der Waals surface area contributed by atoms with Gasteiger partial charge in [0.05, 0.1) is 0 Å². The maximum Gasteiger partial charge on any atom is 2.00 e. The van der Waals surface area contributed by atoms with Gasteiger partial charge in [-0.2, -0.15) is 0 Å². The first-order valence-corrected chi connectivity index (χ1v) is 17.7. The summed E-state index contributed by atoms with van der Waals surface area (Å²) in [7, 11) is 0. The number of aliphatic carboxylic acids is 2. The van der Waals surface area contributed by atoms with E-state index >= 15 is 0 Å². The Labute approximate surface area is 329 Å². The SMILES string of the molecule is CC/C=C\C/C=C\C/C=C\C/C=C\C/C=C\C/C=C\CCC(=O)[O-].CC/C=C\C/C=C\C/C=C\C/C=C\C/C=C\C/C=C\CCC(=O)[O-].[Ca+2]. The molecular formula is C44H62CaO4. The minimum Gasteiger partial charge on any atom is -0.550 e. The van der Waals surface area contributed by atoms with Crippen LogP contribution in [0.15, 0.2) is 146 Å². The fraction of sp³-hybridized carbons (Fsp3) is 0.409. The Morgan fingerprint density at radius 2 is 0.490 bits per heavy atom. The molecule has 0 radical (unpaired) electrons. The monoisotopic (exact) mass is 694 g/mol. The summed E-state index contributed by atoms with van der Waals surface area (Å²) in [5.41, 5.74) is 0. The van der Waals surface area contributed by atoms with Crippen LogP contribution in [0.1, 0.15) is 117 Å². The standard InChI is InChI=1S/2C22H32O2.Ca/c2*1-2-3-4-5-6-7-8-9-10-11-12-13-14-15-16-17-18-19-20-21-22(23)24;/h2*3-4,6-7,9-10,12-13,15-16,18-19H,2,5,8,11,14,17,20-21H2,1H3,(H,23,24);/q;;+2/p-2/b2*4-3-,7-6-,10-9-,13-12-,16-15-,19-18-;. The molecular weight excluding hydrogens is 633 g/mol. The second kappa shape index (κ2) is 47.2. The van der Waals surface area contributed by atoms with Crippen molar-refractivity contribution in [1.82, 2.24) is 0 Å². The van der Waals surface area contributed by atoms with Gasteiger partial charge in [0, 0.05) is 11.9 Å². The molecule has 0 aromatic carbocycles. The molecule has 0 spiro atoms. The molecule has 0 N–H and O–H groups in total. The average Bonchev–Trinajstić information content (AvgIpc) is 3.07. The summed E-state index contributed by atoms with van der Waals surface area (Å²) in [4.78, 5) is 20.4. The van der Waals surface area contributed by atoms with Crippen LogP contribution in [0, 0.1) is 0 Å². The van der Waals surface area contributed by atoms with Crippen LogP contribution in [0.5, 0.6) is 0 Å². The van der Waals surface area contributed by atoms with E-state index in [0.717, 1.165) is 77.0 Å². The van der Waals surface area contributed by atoms with Gasteiger partial charge in [-0.15, -0.1) is 0 Å². The number of rotatable bonds is 28. The smallest absolute Gasteiger partial charge is 0.550 e. The van der Waals surface area contributed by atoms with Crippen LogP contribution in [-0.4, -0.2) is 49.7 Å². The Kier molecular flexibility index (Phi) is 48.6. The molecule has 0 atom stereocenters. The van der Waals surface area contributed by atoms with Gasteiger partial charge in [-0.3, -0.25) is 0 Å². The van der Waals surface area contributed by atoms with Crippen molar-refractivity contribution in [3.8, 4) is 0 Å². The Bertz CT molecular complexity index is 1020. The largest absolute Gasteiger partial charge is 2.00 e. The Morgan fingerprint density at radius 1 is 0.327 bits per heavy atom. The predicted molar refractivity (Wildman–Crippen MR) is 211 cm³/mol. The minimum absolute atomic E-state index is 0. The van der Waals surface area contributed by atoms with Crippen LogP contribution in [-0.2, 0) is 9.59 Å². The topological polar surface area (TPSA) is 80.3 Å². The molecule has 0 amide bonds. The summed E-state index contributed by atoms with van der Waals surface area (Å²) in [6.07, 6.45) is 64.2. The van der Waals surface area contributed by atoms with Crippen molar-refractivity contribution >= 4 is 49.7 Å². The maximum absolute atomic E-state index is 10.2. The second-order valence-corrected chi connectivity index (χ2v) is 10.7. The summed E-state index contributed by atoms with van der Waals surface area (Å²) < 4.78 is 0. The summed E-state index contributed by atoms with van der Waals surface area (Å²) in [5, 5.41) is 20.4. The Hall–Kier alpha value is -2.92. The summed E-state index contributed by atoms with van der Waals surface area (Å²) in [5.74, 6) is -1.98. The second-order valence-electron chi connectivity index (χ2n) is 10.7. The van der Waals surface area contributed by atoms with Gasteiger partial charge in [0.15, 0.2) is 0 Å². The van der Waals surface area contributed by atoms with Crippen molar-refractivity contribution < 1.29 is 19.8 Å². The first-order chi connectivity index (χ1) is 23.5. The number of allylic oxidation sites excluding steroid dienone is 24. The number of carboxylic acid groups (broad SMARTS) is 2. The van der Waals surface area contributed by atoms with Crippen LogP contribution >= 0.6 is 0 Å². The molecule has 0 heterocycles. The van der Waals surface area contributed by atoms with Crippen molar-refractivity contribution in [3.05, 3.63) is 146 Å². The summed E-state index contributed by atoms with van der Waals surface area (Å²) in [6.45, 7) is 4.29. The third-order valence-electron chi connectivity index (χ3n) is 6.22. The number of carboxylic acids is 2. The van der Waals surface area contributed by atoms with Gasteiger partial charge < -0.3 is 19.8 Å². The van der Waals surface area contributed by atoms with E-state index in [2.05, 4.69) is 135 Å². The third kappa shape index (κ3) is 54.8. The Morgan fingerprint density at radius 3 is 0.653 bits per heavy atom. The van der Waals surface area contributed by atoms with E-state index in [1.807, 2.05) is 24.3 Å². The van der Waals surface area contributed by atoms with Crippen LogP contribution in [0.3, 0.4) is 0 Å². The number of hydrogen-bond acceptors (Lipinski definition) is 4. The molecule has 0 aliphatic carbocycles. The molecule has 5 heteroatoms. The van der Waals surface area contributed by atoms with Gasteiger partial charge in [0.1, 0.15) is 0 Å². The minimum atomic E-state index is -0.991. The van der Waals surface area contributed by atoms with E-state index in [1.165, 1.54) is 0 Å². The van der Waals surface area contributed by atoms with E-state index < -0.39 is 11.9 Å². The zero-order chi connectivity index (χ0) is 35.4. The quantitative estimate of drug-likeness (QED) is 0.0603. The predicted octanol–water partition coefficient (Wildman–Crippen LogP) is 10.0. The van der Waals surface area contributed by atoms with E-state index in [0.29, 0.717) is 12.8 Å². The molecule has 0 saturated carbocycles. The van der Waals surface area contributed by atoms with Gasteiger partial charge in [-0.25, -0.2) is 0 Å². The number of hydrogen-bond donors (Lipinski definition) is 0. The molecule has 49 heavy (non-hydrogen) atoms. The normalized spacial score (nSPS) is 12.8. The van der Waals surface area contributed by atoms with E-state index in [4.69, 9.17) is 0 Å². The van der Waals surface area contributed by atoms with Crippen molar-refractivity contribution in [2.75, 3.05) is 0 Å². The molecule has 0 aromatic rings. The van der Waals surface area contributed by atoms with E-state index in [9.17, 15) is 19.8 Å². The van der Waals surface area contributed by atoms with Crippen LogP contribution in [0.25, 0.3) is 0 Å². The molecule has 0 bridgehead atoms. The molecule has 0 rings (SSSR count). The first kappa shape index (κ1) is 50.5. The fourth-order valence-electron chi connectivity index (χ4n) is 3.68. The summed E-state index contributed by atoms with van der Waals surface area (Å²) in [6, 6.07) is 0. The zero-order valence-corrected chi connectivity index (χ0v) is 32.7. The molecule has 0 fully saturated rings. The van der Waals surface area contributed by atoms with Crippen LogP contribution in [0.2, 0.25) is 0 Å². The molecule has 0 aliphatic rings. The van der Waals surface area contributed by atoms with Crippen molar-refractivity contribution in [3.63, 3.8) is 0 Å². The van der Waals surface area contributed by atoms with Gasteiger partial charge in [-0.05, 0) is 103 Å². The first-order valence-electron chi connectivity index (χ1n) is 17.7. The molecule has 264 valence electrons. The van der Waals surface area contributed by atoms with Crippen LogP contribution < -0.4 is 10.2 Å². The Balaban J connectivity index is -0.000000846. The van der Waals surface area contributed by atoms with Crippen molar-refractivity contribution in [2.24, 2.45) is 0 Å². The van der Waals surface area contributed by atoms with Gasteiger partial charge >= 0.3 is 37.7 Å². The van der Waals surface area contributed by atoms with Gasteiger partial charge in [0.2, 0.25) is 0 Å². The molecule has 0 aliphatic heterocycles. The molecule has 0 unspecified atom stereocenters. The number of carbonyl (C=O) groups excluding carboxylic acids is 2. The molecule has 4 nitrogen and oxygen atoms in total. The maximum atomic E-state index is 10.2. The van der Waals surface area contributed by atoms with E-state index in [-0.39, 0.29) is 50.6 Å². The van der Waals surface area contributed by atoms with Crippen LogP contribution in [0.4, 0.5) is 0 Å². The van der Waals surface area contributed by atoms with Crippen molar-refractivity contribution in [1.29, 1.82) is 0 Å². The fourth-order valence-corrected chi connectivity index (χ4v) is 3.68. The third-order valence-corrected chi connectivity index (χ3v) is 6.22. The summed E-state index contributed by atoms with van der Waals surface area (Å²) >= 11 is 0. The number of carbonyl (C=O) groups is 2. The van der Waals surface area contributed by atoms with Gasteiger partial charge in [0.25, 0.3) is 0 Å². The molecule has 0 saturated heterocycles. The van der Waals surface area contributed by atoms with E-state index in [1.54, 1.807) is 0 Å².